The molecule has 4 fully saturated rings. The number of carbonyl (C=O) groups excluding carboxylic acids is 1. The Morgan fingerprint density at radius 1 is 0.769 bits per heavy atom. The van der Waals surface area contributed by atoms with Crippen molar-refractivity contribution in [2.45, 2.75) is 156 Å². The van der Waals surface area contributed by atoms with Gasteiger partial charge < -0.3 is 13.6 Å². The van der Waals surface area contributed by atoms with Crippen LogP contribution in [0.15, 0.2) is 0 Å². The lowest BCUT2D eigenvalue weighted by molar-refractivity contribution is -0.192. The molecule has 4 nitrogen and oxygen atoms in total. The summed E-state index contributed by atoms with van der Waals surface area (Å²) in [4.78, 5) is 12.4. The fraction of sp³-hybridized carbons (Fsp3) is 0.970. The van der Waals surface area contributed by atoms with Crippen LogP contribution in [0.25, 0.3) is 0 Å². The van der Waals surface area contributed by atoms with Gasteiger partial charge in [0.1, 0.15) is 6.10 Å². The minimum Gasteiger partial charge on any atom is -0.462 e. The van der Waals surface area contributed by atoms with Crippen molar-refractivity contribution < 1.29 is 18.4 Å². The highest BCUT2D eigenvalue weighted by molar-refractivity contribution is 6.32. The van der Waals surface area contributed by atoms with Crippen molar-refractivity contribution in [3.63, 3.8) is 0 Å². The molecule has 39 heavy (non-hydrogen) atoms. The van der Waals surface area contributed by atoms with E-state index in [4.69, 9.17) is 13.6 Å². The highest BCUT2D eigenvalue weighted by Crippen LogP contribution is 2.67. The lowest BCUT2D eigenvalue weighted by atomic mass is 9.44. The van der Waals surface area contributed by atoms with Crippen molar-refractivity contribution in [2.24, 2.45) is 46.3 Å². The maximum atomic E-state index is 12.4. The van der Waals surface area contributed by atoms with Crippen LogP contribution in [0.5, 0.6) is 0 Å². The SMILES string of the molecule is CC(=O)O[C@H]1C[C@H]2[C@@H]3CC[C@H](O[SiH2]C(C)(C)C(C)C)[C@@]3(C)CC[C@@H]2[C@@]2(C)CC[C@@H](O[SiH2]C(C)(C)C(C)C)CC12. The highest BCUT2D eigenvalue weighted by atomic mass is 28.2. The van der Waals surface area contributed by atoms with Gasteiger partial charge in [0.2, 0.25) is 0 Å². The van der Waals surface area contributed by atoms with E-state index in [9.17, 15) is 4.79 Å². The zero-order chi connectivity index (χ0) is 29.0. The molecule has 6 heteroatoms. The molecule has 226 valence electrons. The van der Waals surface area contributed by atoms with Gasteiger partial charge in [-0.05, 0) is 102 Å². The summed E-state index contributed by atoms with van der Waals surface area (Å²) in [5, 5.41) is 0.654. The van der Waals surface area contributed by atoms with Crippen LogP contribution in [0.1, 0.15) is 128 Å². The largest absolute Gasteiger partial charge is 0.462 e. The van der Waals surface area contributed by atoms with Gasteiger partial charge in [-0.1, -0.05) is 69.2 Å². The summed E-state index contributed by atoms with van der Waals surface area (Å²) in [6.45, 7) is 25.7. The molecule has 0 aromatic carbocycles. The Morgan fingerprint density at radius 2 is 1.33 bits per heavy atom. The Bertz CT molecular complexity index is 872. The zero-order valence-electron chi connectivity index (χ0n) is 27.4. The van der Waals surface area contributed by atoms with E-state index in [-0.39, 0.29) is 22.9 Å². The highest BCUT2D eigenvalue weighted by Gasteiger charge is 2.63. The van der Waals surface area contributed by atoms with Crippen LogP contribution in [0, 0.1) is 46.3 Å². The van der Waals surface area contributed by atoms with Gasteiger partial charge >= 0.3 is 5.97 Å². The zero-order valence-corrected chi connectivity index (χ0v) is 30.2. The summed E-state index contributed by atoms with van der Waals surface area (Å²) in [6.07, 6.45) is 10.4. The second-order valence-electron chi connectivity index (χ2n) is 16.8. The maximum absolute atomic E-state index is 12.4. The Balaban J connectivity index is 1.51. The third kappa shape index (κ3) is 6.15. The summed E-state index contributed by atoms with van der Waals surface area (Å²) in [7, 11) is -1.24. The molecule has 0 heterocycles. The Hall–Kier alpha value is -0.176. The van der Waals surface area contributed by atoms with Crippen LogP contribution < -0.4 is 0 Å². The van der Waals surface area contributed by atoms with Gasteiger partial charge in [0, 0.05) is 25.0 Å². The van der Waals surface area contributed by atoms with E-state index in [1.807, 2.05) is 0 Å². The molecule has 0 saturated heterocycles. The second kappa shape index (κ2) is 11.5. The molecule has 0 radical (unpaired) electrons. The van der Waals surface area contributed by atoms with Crippen molar-refractivity contribution in [1.29, 1.82) is 0 Å². The molecule has 9 atom stereocenters. The number of carbonyl (C=O) groups is 1. The van der Waals surface area contributed by atoms with E-state index in [0.717, 1.165) is 18.8 Å². The molecule has 0 amide bonds. The number of fused-ring (bicyclic) bond motifs is 5. The van der Waals surface area contributed by atoms with Crippen molar-refractivity contribution in [2.75, 3.05) is 0 Å². The number of esters is 1. The van der Waals surface area contributed by atoms with E-state index in [0.29, 0.717) is 51.9 Å². The molecule has 4 aliphatic carbocycles. The van der Waals surface area contributed by atoms with Gasteiger partial charge in [-0.15, -0.1) is 0 Å². The molecule has 1 unspecified atom stereocenters. The van der Waals surface area contributed by atoms with Gasteiger partial charge in [0.25, 0.3) is 0 Å². The molecule has 4 aliphatic rings. The van der Waals surface area contributed by atoms with Crippen LogP contribution in [0.2, 0.25) is 10.1 Å². The Morgan fingerprint density at radius 3 is 1.92 bits per heavy atom. The fourth-order valence-corrected chi connectivity index (χ4v) is 11.7. The van der Waals surface area contributed by atoms with Crippen molar-refractivity contribution in [1.82, 2.24) is 0 Å². The van der Waals surface area contributed by atoms with Gasteiger partial charge in [-0.25, -0.2) is 0 Å². The van der Waals surface area contributed by atoms with Crippen molar-refractivity contribution in [3.05, 3.63) is 0 Å². The molecule has 0 spiro atoms. The van der Waals surface area contributed by atoms with Crippen LogP contribution >= 0.6 is 0 Å². The van der Waals surface area contributed by atoms with Crippen LogP contribution in [0.3, 0.4) is 0 Å². The van der Waals surface area contributed by atoms with Crippen molar-refractivity contribution in [3.8, 4) is 0 Å². The summed E-state index contributed by atoms with van der Waals surface area (Å²) >= 11 is 0. The monoisotopic (exact) mass is 578 g/mol. The van der Waals surface area contributed by atoms with Crippen molar-refractivity contribution >= 4 is 25.5 Å². The number of ether oxygens (including phenoxy) is 1. The minimum absolute atomic E-state index is 0.0384. The fourth-order valence-electron chi connectivity index (χ4n) is 8.93. The molecule has 0 aliphatic heterocycles. The predicted octanol–water partition coefficient (Wildman–Crippen LogP) is 7.22. The Labute approximate surface area is 245 Å². The summed E-state index contributed by atoms with van der Waals surface area (Å²) in [6, 6.07) is 0. The second-order valence-corrected chi connectivity index (χ2v) is 21.7. The molecule has 0 aromatic rings. The third-order valence-corrected chi connectivity index (χ3v) is 17.6. The molecule has 0 aromatic heterocycles. The molecule has 4 rings (SSSR count). The lowest BCUT2D eigenvalue weighted by Gasteiger charge is -2.62. The van der Waals surface area contributed by atoms with E-state index in [1.54, 1.807) is 6.92 Å². The van der Waals surface area contributed by atoms with Gasteiger partial charge in [-0.3, -0.25) is 4.79 Å². The first kappa shape index (κ1) is 31.8. The van der Waals surface area contributed by atoms with Crippen LogP contribution in [0.4, 0.5) is 0 Å². The summed E-state index contributed by atoms with van der Waals surface area (Å²) in [5.74, 6) is 3.72. The number of hydrogen-bond acceptors (Lipinski definition) is 4. The molecule has 4 saturated carbocycles. The third-order valence-electron chi connectivity index (χ3n) is 13.3. The first-order chi connectivity index (χ1) is 18.0. The van der Waals surface area contributed by atoms with E-state index >= 15 is 0 Å². The standard InChI is InChI=1S/C33H62O4Si2/c1-20(2)30(6,7)38-36-23-14-16-32(10)26-15-17-33(11)25(12-13-29(33)37-39-31(8,9)21(3)4)24(26)19-28(27(32)18-23)35-22(5)34/h20-21,23-29H,12-19,38-39H2,1-11H3/t23-,24+,25+,26+,27?,28+,29+,32-,33+/m1/s1. The number of hydrogen-bond donors (Lipinski definition) is 0. The van der Waals surface area contributed by atoms with Crippen LogP contribution in [-0.2, 0) is 18.4 Å². The maximum Gasteiger partial charge on any atom is 0.302 e. The van der Waals surface area contributed by atoms with Crippen LogP contribution in [-0.4, -0.2) is 43.8 Å². The topological polar surface area (TPSA) is 44.8 Å². The van der Waals surface area contributed by atoms with E-state index in [1.165, 1.54) is 38.5 Å². The predicted molar refractivity (Wildman–Crippen MR) is 167 cm³/mol. The molecular weight excluding hydrogens is 517 g/mol. The van der Waals surface area contributed by atoms with E-state index in [2.05, 4.69) is 69.2 Å². The molecule has 0 N–H and O–H groups in total. The summed E-state index contributed by atoms with van der Waals surface area (Å²) in [5.41, 5.74) is 0.520. The normalized spacial score (nSPS) is 41.4. The first-order valence-corrected chi connectivity index (χ1v) is 19.0. The number of rotatable bonds is 9. The lowest BCUT2D eigenvalue weighted by Crippen LogP contribution is -2.59. The summed E-state index contributed by atoms with van der Waals surface area (Å²) < 4.78 is 19.9. The average Bonchev–Trinajstić information content (AvgIpc) is 3.17. The van der Waals surface area contributed by atoms with Gasteiger partial charge in [0.05, 0.1) is 0 Å². The van der Waals surface area contributed by atoms with Gasteiger partial charge in [-0.2, -0.15) is 0 Å². The van der Waals surface area contributed by atoms with Gasteiger partial charge in [0.15, 0.2) is 19.5 Å². The smallest absolute Gasteiger partial charge is 0.302 e. The van der Waals surface area contributed by atoms with E-state index < -0.39 is 19.5 Å². The Kier molecular flexibility index (Phi) is 9.35. The quantitative estimate of drug-likeness (QED) is 0.214. The minimum atomic E-state index is -0.633. The molecular formula is C33H62O4Si2. The molecule has 0 bridgehead atoms. The average molecular weight is 579 g/mol. The first-order valence-electron chi connectivity index (χ1n) is 16.4.